The Balaban J connectivity index is 2.38. The third-order valence-electron chi connectivity index (χ3n) is 2.90. The number of nitrogens with zero attached hydrogens (tertiary/aromatic N) is 2. The van der Waals surface area contributed by atoms with Gasteiger partial charge in [0.25, 0.3) is 0 Å². The minimum Gasteiger partial charge on any atom is -0.265 e. The van der Waals surface area contributed by atoms with Crippen LogP contribution in [0.5, 0.6) is 0 Å². The van der Waals surface area contributed by atoms with Gasteiger partial charge in [-0.15, -0.1) is 0 Å². The summed E-state index contributed by atoms with van der Waals surface area (Å²) >= 11 is 0. The predicted octanol–water partition coefficient (Wildman–Crippen LogP) is 2.42. The molecule has 66 valence electrons. The van der Waals surface area contributed by atoms with Crippen LogP contribution in [0, 0.1) is 11.3 Å². The molecule has 0 aromatic carbocycles. The van der Waals surface area contributed by atoms with Gasteiger partial charge in [0.1, 0.15) is 0 Å². The molecule has 2 nitrogen and oxygen atoms in total. The van der Waals surface area contributed by atoms with E-state index < -0.39 is 0 Å². The number of hydrogen-bond donors (Lipinski definition) is 0. The van der Waals surface area contributed by atoms with Crippen LogP contribution in [-0.2, 0) is 5.41 Å². The maximum absolute atomic E-state index is 9.20. The summed E-state index contributed by atoms with van der Waals surface area (Å²) in [5.41, 5.74) is 0.936. The van der Waals surface area contributed by atoms with Gasteiger partial charge in [0.15, 0.2) is 0 Å². The topological polar surface area (TPSA) is 36.7 Å². The molecule has 1 aromatic heterocycles. The lowest BCUT2D eigenvalue weighted by Crippen LogP contribution is -2.18. The first kappa shape index (κ1) is 8.25. The average molecular weight is 172 g/mol. The van der Waals surface area contributed by atoms with Gasteiger partial charge in [0.05, 0.1) is 11.5 Å². The highest BCUT2D eigenvalue weighted by Gasteiger charge is 2.35. The van der Waals surface area contributed by atoms with Crippen LogP contribution in [0.4, 0.5) is 0 Å². The van der Waals surface area contributed by atoms with Gasteiger partial charge < -0.3 is 0 Å². The van der Waals surface area contributed by atoms with Crippen molar-refractivity contribution in [2.75, 3.05) is 0 Å². The van der Waals surface area contributed by atoms with Crippen LogP contribution in [0.25, 0.3) is 0 Å². The molecule has 1 heterocycles. The van der Waals surface area contributed by atoms with Crippen LogP contribution in [0.1, 0.15) is 31.2 Å². The van der Waals surface area contributed by atoms with Gasteiger partial charge in [-0.25, -0.2) is 0 Å². The summed E-state index contributed by atoms with van der Waals surface area (Å²) in [4.78, 5) is 3.97. The van der Waals surface area contributed by atoms with Crippen molar-refractivity contribution >= 4 is 0 Å². The Bertz CT molecular complexity index is 318. The van der Waals surface area contributed by atoms with E-state index in [9.17, 15) is 5.26 Å². The largest absolute Gasteiger partial charge is 0.265 e. The maximum atomic E-state index is 9.20. The maximum Gasteiger partial charge on any atom is 0.0823 e. The van der Waals surface area contributed by atoms with E-state index in [0.29, 0.717) is 0 Å². The van der Waals surface area contributed by atoms with Gasteiger partial charge in [-0.05, 0) is 30.5 Å². The molecule has 0 bridgehead atoms. The van der Waals surface area contributed by atoms with Crippen LogP contribution >= 0.6 is 0 Å². The standard InChI is InChI=1S/C11H12N2/c12-9-11(5-1-2-6-11)10-3-7-13-8-4-10/h3-4,7-8H,1-2,5-6H2. The highest BCUT2D eigenvalue weighted by atomic mass is 14.6. The van der Waals surface area contributed by atoms with E-state index in [2.05, 4.69) is 11.1 Å². The zero-order valence-electron chi connectivity index (χ0n) is 7.53. The van der Waals surface area contributed by atoms with Crippen molar-refractivity contribution in [3.63, 3.8) is 0 Å². The van der Waals surface area contributed by atoms with Crippen molar-refractivity contribution in [2.24, 2.45) is 0 Å². The van der Waals surface area contributed by atoms with Crippen molar-refractivity contribution < 1.29 is 0 Å². The molecule has 1 fully saturated rings. The van der Waals surface area contributed by atoms with Gasteiger partial charge >= 0.3 is 0 Å². The zero-order chi connectivity index (χ0) is 9.15. The van der Waals surface area contributed by atoms with E-state index in [1.165, 1.54) is 12.8 Å². The van der Waals surface area contributed by atoms with E-state index in [1.54, 1.807) is 12.4 Å². The SMILES string of the molecule is N#CC1(c2ccncc2)CCCC1. The molecule has 2 heteroatoms. The fourth-order valence-corrected chi connectivity index (χ4v) is 2.11. The first-order valence-electron chi connectivity index (χ1n) is 4.69. The molecule has 0 atom stereocenters. The van der Waals surface area contributed by atoms with Crippen LogP contribution in [0.15, 0.2) is 24.5 Å². The number of pyridine rings is 1. The third-order valence-corrected chi connectivity index (χ3v) is 2.90. The third kappa shape index (κ3) is 1.31. The number of aromatic nitrogens is 1. The van der Waals surface area contributed by atoms with Crippen molar-refractivity contribution in [1.29, 1.82) is 5.26 Å². The molecular formula is C11H12N2. The van der Waals surface area contributed by atoms with E-state index in [0.717, 1.165) is 18.4 Å². The normalized spacial score (nSPS) is 19.6. The smallest absolute Gasteiger partial charge is 0.0823 e. The fourth-order valence-electron chi connectivity index (χ4n) is 2.11. The second-order valence-corrected chi connectivity index (χ2v) is 3.64. The quantitative estimate of drug-likeness (QED) is 0.652. The summed E-state index contributed by atoms with van der Waals surface area (Å²) in [5, 5.41) is 9.20. The minimum atomic E-state index is -0.205. The Labute approximate surface area is 78.2 Å². The fraction of sp³-hybridized carbons (Fsp3) is 0.455. The van der Waals surface area contributed by atoms with Gasteiger partial charge in [-0.1, -0.05) is 12.8 Å². The Morgan fingerprint density at radius 2 is 1.85 bits per heavy atom. The summed E-state index contributed by atoms with van der Waals surface area (Å²) in [5.74, 6) is 0. The van der Waals surface area contributed by atoms with Crippen LogP contribution < -0.4 is 0 Å². The predicted molar refractivity (Wildman–Crippen MR) is 50.0 cm³/mol. The monoisotopic (exact) mass is 172 g/mol. The van der Waals surface area contributed by atoms with Gasteiger partial charge in [-0.3, -0.25) is 4.98 Å². The summed E-state index contributed by atoms with van der Waals surface area (Å²) in [6.07, 6.45) is 7.91. The molecule has 0 radical (unpaired) electrons. The van der Waals surface area contributed by atoms with E-state index in [-0.39, 0.29) is 5.41 Å². The summed E-state index contributed by atoms with van der Waals surface area (Å²) in [6.45, 7) is 0. The van der Waals surface area contributed by atoms with Gasteiger partial charge in [0.2, 0.25) is 0 Å². The number of nitriles is 1. The van der Waals surface area contributed by atoms with Crippen LogP contribution in [0.2, 0.25) is 0 Å². The average Bonchev–Trinajstić information content (AvgIpc) is 2.69. The molecule has 0 N–H and O–H groups in total. The molecular weight excluding hydrogens is 160 g/mol. The van der Waals surface area contributed by atoms with E-state index in [4.69, 9.17) is 0 Å². The molecule has 1 aliphatic carbocycles. The molecule has 0 spiro atoms. The molecule has 2 rings (SSSR count). The lowest BCUT2D eigenvalue weighted by molar-refractivity contribution is 0.572. The van der Waals surface area contributed by atoms with Crippen molar-refractivity contribution in [1.82, 2.24) is 4.98 Å². The Morgan fingerprint density at radius 1 is 1.23 bits per heavy atom. The summed E-state index contributed by atoms with van der Waals surface area (Å²) < 4.78 is 0. The van der Waals surface area contributed by atoms with Crippen LogP contribution in [-0.4, -0.2) is 4.98 Å². The van der Waals surface area contributed by atoms with E-state index in [1.807, 2.05) is 12.1 Å². The van der Waals surface area contributed by atoms with Crippen molar-refractivity contribution in [3.8, 4) is 6.07 Å². The Kier molecular flexibility index (Phi) is 2.02. The first-order chi connectivity index (χ1) is 6.37. The highest BCUT2D eigenvalue weighted by molar-refractivity contribution is 5.31. The van der Waals surface area contributed by atoms with E-state index >= 15 is 0 Å². The Hall–Kier alpha value is -1.36. The minimum absolute atomic E-state index is 0.205. The highest BCUT2D eigenvalue weighted by Crippen LogP contribution is 2.39. The molecule has 1 saturated carbocycles. The molecule has 1 aliphatic rings. The summed E-state index contributed by atoms with van der Waals surface area (Å²) in [7, 11) is 0. The number of rotatable bonds is 1. The summed E-state index contributed by atoms with van der Waals surface area (Å²) in [6, 6.07) is 6.40. The van der Waals surface area contributed by atoms with Crippen molar-refractivity contribution in [2.45, 2.75) is 31.1 Å². The Morgan fingerprint density at radius 3 is 2.38 bits per heavy atom. The second kappa shape index (κ2) is 3.18. The second-order valence-electron chi connectivity index (χ2n) is 3.64. The van der Waals surface area contributed by atoms with Gasteiger partial charge in [-0.2, -0.15) is 5.26 Å². The number of hydrogen-bond acceptors (Lipinski definition) is 2. The molecule has 0 saturated heterocycles. The van der Waals surface area contributed by atoms with Crippen LogP contribution in [0.3, 0.4) is 0 Å². The van der Waals surface area contributed by atoms with Crippen molar-refractivity contribution in [3.05, 3.63) is 30.1 Å². The first-order valence-corrected chi connectivity index (χ1v) is 4.69. The molecule has 0 amide bonds. The lowest BCUT2D eigenvalue weighted by atomic mass is 9.81. The zero-order valence-corrected chi connectivity index (χ0v) is 7.53. The van der Waals surface area contributed by atoms with Gasteiger partial charge in [0, 0.05) is 12.4 Å². The molecule has 0 aliphatic heterocycles. The lowest BCUT2D eigenvalue weighted by Gasteiger charge is -2.19. The molecule has 13 heavy (non-hydrogen) atoms. The molecule has 1 aromatic rings. The molecule has 0 unspecified atom stereocenters.